The molecule has 4 rings (SSSR count). The van der Waals surface area contributed by atoms with Gasteiger partial charge in [0.1, 0.15) is 11.9 Å². The molecule has 0 spiro atoms. The van der Waals surface area contributed by atoms with Crippen LogP contribution >= 0.6 is 0 Å². The molecule has 0 bridgehead atoms. The zero-order valence-corrected chi connectivity index (χ0v) is 15.0. The number of hydrogen-bond donors (Lipinski definition) is 1. The van der Waals surface area contributed by atoms with E-state index in [1.165, 1.54) is 0 Å². The van der Waals surface area contributed by atoms with Crippen molar-refractivity contribution in [3.05, 3.63) is 54.1 Å². The molecule has 27 heavy (non-hydrogen) atoms. The lowest BCUT2D eigenvalue weighted by Crippen LogP contribution is -2.37. The van der Waals surface area contributed by atoms with Crippen molar-refractivity contribution in [2.24, 2.45) is 0 Å². The summed E-state index contributed by atoms with van der Waals surface area (Å²) >= 11 is 0. The first-order valence-electron chi connectivity index (χ1n) is 9.24. The second-order valence-corrected chi connectivity index (χ2v) is 6.73. The maximum atomic E-state index is 12.7. The SMILES string of the molecule is O=C(COc1ccccc1)Nc1ccc2c(c1)N(C(=O)C1CCCO1)CC2. The standard InChI is InChI=1S/C21H22N2O4/c24-20(14-27-17-5-2-1-3-6-17)22-16-9-8-15-10-11-23(18(15)13-16)21(25)19-7-4-12-26-19/h1-3,5-6,8-9,13,19H,4,7,10-12,14H2,(H,22,24). The quantitative estimate of drug-likeness (QED) is 0.884. The van der Waals surface area contributed by atoms with Crippen LogP contribution in [0.25, 0.3) is 0 Å². The summed E-state index contributed by atoms with van der Waals surface area (Å²) < 4.78 is 11.0. The second-order valence-electron chi connectivity index (χ2n) is 6.73. The molecule has 6 heteroatoms. The number of ether oxygens (including phenoxy) is 2. The molecule has 0 radical (unpaired) electrons. The van der Waals surface area contributed by atoms with E-state index in [1.54, 1.807) is 17.0 Å². The average molecular weight is 366 g/mol. The predicted molar refractivity (Wildman–Crippen MR) is 102 cm³/mol. The first-order valence-corrected chi connectivity index (χ1v) is 9.24. The number of carbonyl (C=O) groups is 2. The molecule has 0 saturated carbocycles. The summed E-state index contributed by atoms with van der Waals surface area (Å²) in [4.78, 5) is 26.6. The van der Waals surface area contributed by atoms with Crippen molar-refractivity contribution >= 4 is 23.2 Å². The highest BCUT2D eigenvalue weighted by Gasteiger charge is 2.32. The molecule has 0 aliphatic carbocycles. The van der Waals surface area contributed by atoms with Crippen LogP contribution < -0.4 is 15.0 Å². The number of nitrogens with zero attached hydrogens (tertiary/aromatic N) is 1. The van der Waals surface area contributed by atoms with Gasteiger partial charge in [-0.25, -0.2) is 0 Å². The van der Waals surface area contributed by atoms with Gasteiger partial charge in [0.15, 0.2) is 6.61 Å². The molecule has 1 fully saturated rings. The lowest BCUT2D eigenvalue weighted by Gasteiger charge is -2.21. The van der Waals surface area contributed by atoms with Gasteiger partial charge in [-0.2, -0.15) is 0 Å². The summed E-state index contributed by atoms with van der Waals surface area (Å²) in [6, 6.07) is 14.9. The predicted octanol–water partition coefficient (Wildman–Crippen LogP) is 2.77. The Balaban J connectivity index is 1.40. The van der Waals surface area contributed by atoms with Crippen LogP contribution in [0.3, 0.4) is 0 Å². The van der Waals surface area contributed by atoms with Gasteiger partial charge in [-0.15, -0.1) is 0 Å². The molecule has 1 unspecified atom stereocenters. The lowest BCUT2D eigenvalue weighted by atomic mass is 10.1. The Labute approximate surface area is 158 Å². The zero-order chi connectivity index (χ0) is 18.6. The largest absolute Gasteiger partial charge is 0.484 e. The van der Waals surface area contributed by atoms with Gasteiger partial charge in [0.05, 0.1) is 0 Å². The Kier molecular flexibility index (Phi) is 5.07. The number of nitrogens with one attached hydrogen (secondary N) is 1. The molecule has 2 heterocycles. The highest BCUT2D eigenvalue weighted by Crippen LogP contribution is 2.32. The van der Waals surface area contributed by atoms with Crippen molar-refractivity contribution in [1.29, 1.82) is 0 Å². The Hall–Kier alpha value is -2.86. The summed E-state index contributed by atoms with van der Waals surface area (Å²) in [7, 11) is 0. The van der Waals surface area contributed by atoms with Crippen LogP contribution in [0, 0.1) is 0 Å². The van der Waals surface area contributed by atoms with E-state index in [2.05, 4.69) is 5.32 Å². The lowest BCUT2D eigenvalue weighted by molar-refractivity contribution is -0.127. The van der Waals surface area contributed by atoms with Crippen LogP contribution in [-0.4, -0.2) is 37.7 Å². The van der Waals surface area contributed by atoms with Crippen LogP contribution in [0.15, 0.2) is 48.5 Å². The Morgan fingerprint density at radius 3 is 2.81 bits per heavy atom. The van der Waals surface area contributed by atoms with Crippen LogP contribution in [0.5, 0.6) is 5.75 Å². The van der Waals surface area contributed by atoms with Gasteiger partial charge >= 0.3 is 0 Å². The first kappa shape index (κ1) is 17.5. The molecule has 2 aliphatic heterocycles. The Bertz CT molecular complexity index is 831. The van der Waals surface area contributed by atoms with Crippen LogP contribution in [0.2, 0.25) is 0 Å². The molecule has 1 atom stereocenters. The van der Waals surface area contributed by atoms with Crippen molar-refractivity contribution < 1.29 is 19.1 Å². The Morgan fingerprint density at radius 2 is 2.04 bits per heavy atom. The van der Waals surface area contributed by atoms with Gasteiger partial charge in [0, 0.05) is 24.5 Å². The fourth-order valence-corrected chi connectivity index (χ4v) is 3.49. The summed E-state index contributed by atoms with van der Waals surface area (Å²) in [6.07, 6.45) is 2.18. The highest BCUT2D eigenvalue weighted by atomic mass is 16.5. The van der Waals surface area contributed by atoms with Crippen molar-refractivity contribution in [1.82, 2.24) is 0 Å². The number of benzene rings is 2. The average Bonchev–Trinajstić information content (AvgIpc) is 3.36. The molecule has 6 nitrogen and oxygen atoms in total. The molecular formula is C21H22N2O4. The van der Waals surface area contributed by atoms with Gasteiger partial charge in [-0.05, 0) is 49.1 Å². The van der Waals surface area contributed by atoms with E-state index < -0.39 is 0 Å². The smallest absolute Gasteiger partial charge is 0.262 e. The van der Waals surface area contributed by atoms with E-state index in [0.717, 1.165) is 30.5 Å². The normalized spacial score (nSPS) is 18.2. The molecular weight excluding hydrogens is 344 g/mol. The minimum Gasteiger partial charge on any atom is -0.484 e. The summed E-state index contributed by atoms with van der Waals surface area (Å²) in [6.45, 7) is 1.23. The molecule has 140 valence electrons. The number of fused-ring (bicyclic) bond motifs is 1. The first-order chi connectivity index (χ1) is 13.2. The van der Waals surface area contributed by atoms with Crippen molar-refractivity contribution in [2.45, 2.75) is 25.4 Å². The van der Waals surface area contributed by atoms with Gasteiger partial charge in [0.25, 0.3) is 11.8 Å². The monoisotopic (exact) mass is 366 g/mol. The maximum Gasteiger partial charge on any atom is 0.262 e. The number of amides is 2. The van der Waals surface area contributed by atoms with Gasteiger partial charge in [0.2, 0.25) is 0 Å². The minimum absolute atomic E-state index is 0.0159. The number of hydrogen-bond acceptors (Lipinski definition) is 4. The third-order valence-electron chi connectivity index (χ3n) is 4.85. The summed E-state index contributed by atoms with van der Waals surface area (Å²) in [5.41, 5.74) is 2.62. The fraction of sp³-hybridized carbons (Fsp3) is 0.333. The number of anilines is 2. The summed E-state index contributed by atoms with van der Waals surface area (Å²) in [5.74, 6) is 0.422. The van der Waals surface area contributed by atoms with E-state index in [0.29, 0.717) is 24.6 Å². The second kappa shape index (κ2) is 7.80. The molecule has 1 N–H and O–H groups in total. The topological polar surface area (TPSA) is 67.9 Å². The third kappa shape index (κ3) is 3.95. The van der Waals surface area contributed by atoms with E-state index >= 15 is 0 Å². The number of rotatable bonds is 5. The van der Waals surface area contributed by atoms with Gasteiger partial charge in [-0.1, -0.05) is 24.3 Å². The third-order valence-corrected chi connectivity index (χ3v) is 4.85. The maximum absolute atomic E-state index is 12.7. The molecule has 0 aromatic heterocycles. The van der Waals surface area contributed by atoms with Crippen LogP contribution in [0.4, 0.5) is 11.4 Å². The van der Waals surface area contributed by atoms with E-state index in [-0.39, 0.29) is 24.5 Å². The Morgan fingerprint density at radius 1 is 1.19 bits per heavy atom. The minimum atomic E-state index is -0.339. The molecule has 2 aromatic carbocycles. The van der Waals surface area contributed by atoms with Gasteiger partial charge < -0.3 is 19.7 Å². The van der Waals surface area contributed by atoms with Crippen LogP contribution in [-0.2, 0) is 20.7 Å². The van der Waals surface area contributed by atoms with Crippen molar-refractivity contribution in [3.63, 3.8) is 0 Å². The van der Waals surface area contributed by atoms with Crippen LogP contribution in [0.1, 0.15) is 18.4 Å². The van der Waals surface area contributed by atoms with E-state index in [9.17, 15) is 9.59 Å². The van der Waals surface area contributed by atoms with E-state index in [4.69, 9.17) is 9.47 Å². The van der Waals surface area contributed by atoms with E-state index in [1.807, 2.05) is 36.4 Å². The van der Waals surface area contributed by atoms with Crippen molar-refractivity contribution in [3.8, 4) is 5.75 Å². The van der Waals surface area contributed by atoms with Gasteiger partial charge in [-0.3, -0.25) is 9.59 Å². The molecule has 2 aliphatic rings. The van der Waals surface area contributed by atoms with Crippen molar-refractivity contribution in [2.75, 3.05) is 30.0 Å². The summed E-state index contributed by atoms with van der Waals surface area (Å²) in [5, 5.41) is 2.84. The fourth-order valence-electron chi connectivity index (χ4n) is 3.49. The number of para-hydroxylation sites is 1. The molecule has 1 saturated heterocycles. The molecule has 2 amide bonds. The molecule has 2 aromatic rings. The highest BCUT2D eigenvalue weighted by molar-refractivity contribution is 6.00. The number of carbonyl (C=O) groups excluding carboxylic acids is 2. The zero-order valence-electron chi connectivity index (χ0n) is 15.0.